The second-order valence-corrected chi connectivity index (χ2v) is 5.93. The fourth-order valence-corrected chi connectivity index (χ4v) is 2.95. The first-order valence-corrected chi connectivity index (χ1v) is 8.18. The number of esters is 1. The van der Waals surface area contributed by atoms with Crippen molar-refractivity contribution in [3.05, 3.63) is 77.4 Å². The summed E-state index contributed by atoms with van der Waals surface area (Å²) in [6.07, 6.45) is 2.76. The Morgan fingerprint density at radius 3 is 2.81 bits per heavy atom. The van der Waals surface area contributed by atoms with Gasteiger partial charge < -0.3 is 9.64 Å². The van der Waals surface area contributed by atoms with Gasteiger partial charge in [-0.15, -0.1) is 0 Å². The van der Waals surface area contributed by atoms with Gasteiger partial charge in [-0.3, -0.25) is 4.79 Å². The standard InChI is InChI=1S/C20H17F2NO3/c1-2-18(24)23-10-4-6-13-11-14(8-9-17(13)23)20(25)26-12-15-5-3-7-16(21)19(15)22/h2-3,5,7-9,11H,1,4,6,10,12H2. The van der Waals surface area contributed by atoms with Gasteiger partial charge in [-0.25, -0.2) is 13.6 Å². The third-order valence-electron chi connectivity index (χ3n) is 4.26. The number of benzene rings is 2. The predicted molar refractivity (Wildman–Crippen MR) is 92.8 cm³/mol. The van der Waals surface area contributed by atoms with Gasteiger partial charge in [-0.05, 0) is 48.7 Å². The molecule has 0 radical (unpaired) electrons. The van der Waals surface area contributed by atoms with E-state index in [4.69, 9.17) is 4.74 Å². The van der Waals surface area contributed by atoms with E-state index < -0.39 is 17.6 Å². The molecule has 0 bridgehead atoms. The summed E-state index contributed by atoms with van der Waals surface area (Å²) in [7, 11) is 0. The van der Waals surface area contributed by atoms with Gasteiger partial charge in [0.2, 0.25) is 5.91 Å². The SMILES string of the molecule is C=CC(=O)N1CCCc2cc(C(=O)OCc3cccc(F)c3F)ccc21. The molecule has 134 valence electrons. The molecule has 0 spiro atoms. The Bertz CT molecular complexity index is 879. The van der Waals surface area contributed by atoms with Gasteiger partial charge in [-0.1, -0.05) is 18.7 Å². The van der Waals surface area contributed by atoms with Crippen molar-refractivity contribution < 1.29 is 23.1 Å². The fourth-order valence-electron chi connectivity index (χ4n) is 2.95. The van der Waals surface area contributed by atoms with Crippen LogP contribution >= 0.6 is 0 Å². The number of nitrogens with zero attached hydrogens (tertiary/aromatic N) is 1. The number of amides is 1. The Morgan fingerprint density at radius 2 is 2.04 bits per heavy atom. The van der Waals surface area contributed by atoms with Gasteiger partial charge in [0.25, 0.3) is 0 Å². The van der Waals surface area contributed by atoms with E-state index in [-0.39, 0.29) is 18.1 Å². The molecule has 3 rings (SSSR count). The third kappa shape index (κ3) is 3.49. The van der Waals surface area contributed by atoms with E-state index in [9.17, 15) is 18.4 Å². The summed E-state index contributed by atoms with van der Waals surface area (Å²) >= 11 is 0. The third-order valence-corrected chi connectivity index (χ3v) is 4.26. The first-order chi connectivity index (χ1) is 12.5. The molecule has 0 saturated carbocycles. The van der Waals surface area contributed by atoms with Crippen LogP contribution in [0.2, 0.25) is 0 Å². The molecule has 4 nitrogen and oxygen atoms in total. The van der Waals surface area contributed by atoms with E-state index in [1.165, 1.54) is 18.2 Å². The van der Waals surface area contributed by atoms with Crippen LogP contribution in [-0.2, 0) is 22.6 Å². The Hall–Kier alpha value is -3.02. The Morgan fingerprint density at radius 1 is 1.23 bits per heavy atom. The van der Waals surface area contributed by atoms with Gasteiger partial charge in [0.1, 0.15) is 6.61 Å². The van der Waals surface area contributed by atoms with Crippen molar-refractivity contribution in [1.82, 2.24) is 0 Å². The molecule has 2 aromatic carbocycles. The lowest BCUT2D eigenvalue weighted by Gasteiger charge is -2.28. The first kappa shape index (κ1) is 17.8. The van der Waals surface area contributed by atoms with E-state index >= 15 is 0 Å². The van der Waals surface area contributed by atoms with Crippen LogP contribution in [0.1, 0.15) is 27.9 Å². The molecular weight excluding hydrogens is 340 g/mol. The van der Waals surface area contributed by atoms with E-state index in [0.717, 1.165) is 30.2 Å². The van der Waals surface area contributed by atoms with Crippen molar-refractivity contribution in [3.8, 4) is 0 Å². The zero-order chi connectivity index (χ0) is 18.7. The average Bonchev–Trinajstić information content (AvgIpc) is 2.67. The van der Waals surface area contributed by atoms with Crippen LogP contribution in [0.4, 0.5) is 14.5 Å². The monoisotopic (exact) mass is 357 g/mol. The van der Waals surface area contributed by atoms with E-state index in [0.29, 0.717) is 12.1 Å². The van der Waals surface area contributed by atoms with Gasteiger partial charge in [0, 0.05) is 17.8 Å². The Balaban J connectivity index is 1.75. The second kappa shape index (κ2) is 7.47. The van der Waals surface area contributed by atoms with Crippen LogP contribution in [0.25, 0.3) is 0 Å². The summed E-state index contributed by atoms with van der Waals surface area (Å²) in [5.74, 6) is -2.84. The molecule has 0 aliphatic carbocycles. The van der Waals surface area contributed by atoms with Crippen LogP contribution in [0.15, 0.2) is 49.1 Å². The number of hydrogen-bond donors (Lipinski definition) is 0. The van der Waals surface area contributed by atoms with Crippen LogP contribution in [-0.4, -0.2) is 18.4 Å². The zero-order valence-corrected chi connectivity index (χ0v) is 14.0. The largest absolute Gasteiger partial charge is 0.457 e. The van der Waals surface area contributed by atoms with Crippen LogP contribution in [0.3, 0.4) is 0 Å². The highest BCUT2D eigenvalue weighted by Gasteiger charge is 2.22. The summed E-state index contributed by atoms with van der Waals surface area (Å²) in [5, 5.41) is 0. The highest BCUT2D eigenvalue weighted by atomic mass is 19.2. The van der Waals surface area contributed by atoms with Gasteiger partial charge in [0.15, 0.2) is 11.6 Å². The Kier molecular flexibility index (Phi) is 5.11. The second-order valence-electron chi connectivity index (χ2n) is 5.93. The van der Waals surface area contributed by atoms with Crippen LogP contribution in [0, 0.1) is 11.6 Å². The zero-order valence-electron chi connectivity index (χ0n) is 14.0. The number of rotatable bonds is 4. The fraction of sp³-hybridized carbons (Fsp3) is 0.200. The van der Waals surface area contributed by atoms with E-state index in [1.54, 1.807) is 23.1 Å². The summed E-state index contributed by atoms with van der Waals surface area (Å²) in [6, 6.07) is 8.62. The molecular formula is C20H17F2NO3. The molecule has 0 atom stereocenters. The number of carbonyl (C=O) groups is 2. The molecule has 6 heteroatoms. The van der Waals surface area contributed by atoms with Gasteiger partial charge in [-0.2, -0.15) is 0 Å². The lowest BCUT2D eigenvalue weighted by molar-refractivity contribution is -0.114. The molecule has 0 N–H and O–H groups in total. The molecule has 0 unspecified atom stereocenters. The van der Waals surface area contributed by atoms with Crippen molar-refractivity contribution >= 4 is 17.6 Å². The van der Waals surface area contributed by atoms with Crippen molar-refractivity contribution in [1.29, 1.82) is 0 Å². The first-order valence-electron chi connectivity index (χ1n) is 8.18. The maximum absolute atomic E-state index is 13.6. The van der Waals surface area contributed by atoms with Crippen molar-refractivity contribution in [2.75, 3.05) is 11.4 Å². The number of fused-ring (bicyclic) bond motifs is 1. The molecule has 0 saturated heterocycles. The summed E-state index contributed by atoms with van der Waals surface area (Å²) in [4.78, 5) is 25.8. The predicted octanol–water partition coefficient (Wildman–Crippen LogP) is 3.79. The van der Waals surface area contributed by atoms with E-state index in [2.05, 4.69) is 6.58 Å². The lowest BCUT2D eigenvalue weighted by atomic mass is 9.99. The molecule has 1 amide bonds. The summed E-state index contributed by atoms with van der Waals surface area (Å²) < 4.78 is 31.9. The number of carbonyl (C=O) groups excluding carboxylic acids is 2. The number of aryl methyl sites for hydroxylation is 1. The van der Waals surface area contributed by atoms with Gasteiger partial charge in [0.05, 0.1) is 5.56 Å². The summed E-state index contributed by atoms with van der Waals surface area (Å²) in [5.41, 5.74) is 1.87. The minimum Gasteiger partial charge on any atom is -0.457 e. The highest BCUT2D eigenvalue weighted by molar-refractivity contribution is 6.02. The maximum atomic E-state index is 13.6. The normalized spacial score (nSPS) is 13.1. The molecule has 2 aromatic rings. The van der Waals surface area contributed by atoms with Crippen molar-refractivity contribution in [2.24, 2.45) is 0 Å². The minimum atomic E-state index is -1.02. The number of ether oxygens (including phenoxy) is 1. The van der Waals surface area contributed by atoms with Crippen molar-refractivity contribution in [3.63, 3.8) is 0 Å². The van der Waals surface area contributed by atoms with Crippen molar-refractivity contribution in [2.45, 2.75) is 19.4 Å². The Labute approximate surface area is 149 Å². The number of hydrogen-bond acceptors (Lipinski definition) is 3. The maximum Gasteiger partial charge on any atom is 0.338 e. The smallest absolute Gasteiger partial charge is 0.338 e. The minimum absolute atomic E-state index is 0.0286. The molecule has 1 heterocycles. The van der Waals surface area contributed by atoms with Crippen LogP contribution < -0.4 is 4.90 Å². The topological polar surface area (TPSA) is 46.6 Å². The van der Waals surface area contributed by atoms with Crippen LogP contribution in [0.5, 0.6) is 0 Å². The van der Waals surface area contributed by atoms with E-state index in [1.807, 2.05) is 0 Å². The van der Waals surface area contributed by atoms with Gasteiger partial charge >= 0.3 is 5.97 Å². The number of anilines is 1. The molecule has 1 aliphatic heterocycles. The molecule has 0 fully saturated rings. The molecule has 1 aliphatic rings. The number of halogens is 2. The lowest BCUT2D eigenvalue weighted by Crippen LogP contribution is -2.34. The quantitative estimate of drug-likeness (QED) is 0.618. The average molecular weight is 357 g/mol. The highest BCUT2D eigenvalue weighted by Crippen LogP contribution is 2.28. The summed E-state index contributed by atoms with van der Waals surface area (Å²) in [6.45, 7) is 3.74. The molecule has 26 heavy (non-hydrogen) atoms. The molecule has 0 aromatic heterocycles.